The van der Waals surface area contributed by atoms with Crippen molar-refractivity contribution >= 4 is 5.97 Å². The van der Waals surface area contributed by atoms with Crippen molar-refractivity contribution in [1.29, 1.82) is 0 Å². The van der Waals surface area contributed by atoms with E-state index in [0.29, 0.717) is 12.4 Å². The molecule has 90 valence electrons. The lowest BCUT2D eigenvalue weighted by Crippen LogP contribution is -2.07. The number of hydrogen-bond acceptors (Lipinski definition) is 6. The SMILES string of the molecule is CCOC(=O)Cc1nc(-c2cncn2C)no1. The highest BCUT2D eigenvalue weighted by Gasteiger charge is 2.14. The number of imidazole rings is 1. The highest BCUT2D eigenvalue weighted by molar-refractivity contribution is 5.71. The lowest BCUT2D eigenvalue weighted by Gasteiger charge is -1.96. The van der Waals surface area contributed by atoms with E-state index in [1.165, 1.54) is 0 Å². The Balaban J connectivity index is 2.11. The number of carbonyl (C=O) groups is 1. The zero-order valence-electron chi connectivity index (χ0n) is 9.58. The monoisotopic (exact) mass is 236 g/mol. The smallest absolute Gasteiger partial charge is 0.315 e. The van der Waals surface area contributed by atoms with Gasteiger partial charge in [-0.3, -0.25) is 4.79 Å². The Kier molecular flexibility index (Phi) is 3.17. The van der Waals surface area contributed by atoms with Crippen molar-refractivity contribution in [3.8, 4) is 11.5 Å². The summed E-state index contributed by atoms with van der Waals surface area (Å²) < 4.78 is 11.5. The van der Waals surface area contributed by atoms with E-state index in [4.69, 9.17) is 9.26 Å². The van der Waals surface area contributed by atoms with Crippen molar-refractivity contribution in [2.45, 2.75) is 13.3 Å². The van der Waals surface area contributed by atoms with E-state index < -0.39 is 0 Å². The van der Waals surface area contributed by atoms with Gasteiger partial charge < -0.3 is 13.8 Å². The minimum atomic E-state index is -0.382. The van der Waals surface area contributed by atoms with Gasteiger partial charge in [-0.15, -0.1) is 0 Å². The van der Waals surface area contributed by atoms with Crippen molar-refractivity contribution in [3.05, 3.63) is 18.4 Å². The van der Waals surface area contributed by atoms with Crippen molar-refractivity contribution in [2.24, 2.45) is 7.05 Å². The van der Waals surface area contributed by atoms with E-state index in [0.717, 1.165) is 5.69 Å². The van der Waals surface area contributed by atoms with E-state index in [2.05, 4.69) is 15.1 Å². The van der Waals surface area contributed by atoms with Crippen LogP contribution in [0, 0.1) is 0 Å². The molecule has 0 aliphatic carbocycles. The van der Waals surface area contributed by atoms with Crippen LogP contribution in [0.3, 0.4) is 0 Å². The fraction of sp³-hybridized carbons (Fsp3) is 0.400. The Morgan fingerprint density at radius 1 is 1.59 bits per heavy atom. The summed E-state index contributed by atoms with van der Waals surface area (Å²) in [6.45, 7) is 2.08. The molecule has 0 fully saturated rings. The van der Waals surface area contributed by atoms with Crippen molar-refractivity contribution in [3.63, 3.8) is 0 Å². The number of hydrogen-bond donors (Lipinski definition) is 0. The first-order chi connectivity index (χ1) is 8.20. The first kappa shape index (κ1) is 11.3. The molecule has 2 aromatic rings. The van der Waals surface area contributed by atoms with Gasteiger partial charge in [-0.1, -0.05) is 5.16 Å². The Morgan fingerprint density at radius 3 is 3.06 bits per heavy atom. The van der Waals surface area contributed by atoms with Crippen LogP contribution in [0.2, 0.25) is 0 Å². The van der Waals surface area contributed by atoms with E-state index in [1.54, 1.807) is 24.0 Å². The number of ether oxygens (including phenoxy) is 1. The highest BCUT2D eigenvalue weighted by atomic mass is 16.5. The minimum absolute atomic E-state index is 0.0152. The Hall–Kier alpha value is -2.18. The summed E-state index contributed by atoms with van der Waals surface area (Å²) in [6.07, 6.45) is 3.24. The average Bonchev–Trinajstić information content (AvgIpc) is 2.87. The van der Waals surface area contributed by atoms with Crippen LogP contribution >= 0.6 is 0 Å². The van der Waals surface area contributed by atoms with Crippen molar-refractivity contribution < 1.29 is 14.1 Å². The summed E-state index contributed by atoms with van der Waals surface area (Å²) in [7, 11) is 1.82. The number of nitrogens with zero attached hydrogens (tertiary/aromatic N) is 4. The first-order valence-corrected chi connectivity index (χ1v) is 5.15. The van der Waals surface area contributed by atoms with Gasteiger partial charge >= 0.3 is 5.97 Å². The summed E-state index contributed by atoms with van der Waals surface area (Å²) >= 11 is 0. The molecule has 0 aromatic carbocycles. The Labute approximate surface area is 97.4 Å². The van der Waals surface area contributed by atoms with Gasteiger partial charge in [-0.05, 0) is 6.92 Å². The van der Waals surface area contributed by atoms with Crippen LogP contribution in [-0.4, -0.2) is 32.3 Å². The molecule has 0 unspecified atom stereocenters. The molecule has 7 heteroatoms. The molecule has 17 heavy (non-hydrogen) atoms. The van der Waals surface area contributed by atoms with Crippen LogP contribution in [0.25, 0.3) is 11.5 Å². The summed E-state index contributed by atoms with van der Waals surface area (Å²) in [5, 5.41) is 3.78. The first-order valence-electron chi connectivity index (χ1n) is 5.15. The second-order valence-electron chi connectivity index (χ2n) is 3.38. The van der Waals surface area contributed by atoms with Crippen molar-refractivity contribution in [2.75, 3.05) is 6.61 Å². The predicted molar refractivity (Wildman–Crippen MR) is 56.8 cm³/mol. The fourth-order valence-electron chi connectivity index (χ4n) is 1.34. The van der Waals surface area contributed by atoms with Crippen LogP contribution in [0.1, 0.15) is 12.8 Å². The van der Waals surface area contributed by atoms with E-state index >= 15 is 0 Å². The molecule has 2 heterocycles. The zero-order chi connectivity index (χ0) is 12.3. The van der Waals surface area contributed by atoms with Crippen LogP contribution < -0.4 is 0 Å². The lowest BCUT2D eigenvalue weighted by molar-refractivity contribution is -0.142. The second kappa shape index (κ2) is 4.77. The van der Waals surface area contributed by atoms with E-state index in [-0.39, 0.29) is 18.3 Å². The van der Waals surface area contributed by atoms with Gasteiger partial charge in [0.15, 0.2) is 0 Å². The van der Waals surface area contributed by atoms with E-state index in [1.807, 2.05) is 7.05 Å². The molecule has 2 rings (SSSR count). The quantitative estimate of drug-likeness (QED) is 0.722. The van der Waals surface area contributed by atoms with Gasteiger partial charge in [-0.2, -0.15) is 4.98 Å². The van der Waals surface area contributed by atoms with Gasteiger partial charge in [0.05, 0.1) is 19.1 Å². The molecule has 0 bridgehead atoms. The molecule has 0 aliphatic rings. The maximum absolute atomic E-state index is 11.2. The van der Waals surface area contributed by atoms with Crippen LogP contribution in [-0.2, 0) is 23.0 Å². The molecular formula is C10H12N4O3. The summed E-state index contributed by atoms with van der Waals surface area (Å²) in [4.78, 5) is 19.3. The van der Waals surface area contributed by atoms with Crippen LogP contribution in [0.15, 0.2) is 17.0 Å². The molecule has 0 aliphatic heterocycles. The maximum atomic E-state index is 11.2. The molecule has 0 amide bonds. The van der Waals surface area contributed by atoms with Gasteiger partial charge in [0.2, 0.25) is 11.7 Å². The maximum Gasteiger partial charge on any atom is 0.315 e. The van der Waals surface area contributed by atoms with Crippen molar-refractivity contribution in [1.82, 2.24) is 19.7 Å². The number of esters is 1. The second-order valence-corrected chi connectivity index (χ2v) is 3.38. The molecule has 0 radical (unpaired) electrons. The molecular weight excluding hydrogens is 224 g/mol. The van der Waals surface area contributed by atoms with Gasteiger partial charge in [0, 0.05) is 7.05 Å². The molecule has 7 nitrogen and oxygen atoms in total. The molecule has 0 atom stereocenters. The molecule has 0 spiro atoms. The van der Waals surface area contributed by atoms with Crippen LogP contribution in [0.4, 0.5) is 0 Å². The number of carbonyl (C=O) groups excluding carboxylic acids is 1. The lowest BCUT2D eigenvalue weighted by atomic mass is 10.4. The number of aromatic nitrogens is 4. The van der Waals surface area contributed by atoms with Gasteiger partial charge in [-0.25, -0.2) is 4.98 Å². The molecule has 0 N–H and O–H groups in total. The Morgan fingerprint density at radius 2 is 2.41 bits per heavy atom. The normalized spacial score (nSPS) is 10.5. The topological polar surface area (TPSA) is 83.0 Å². The fourth-order valence-corrected chi connectivity index (χ4v) is 1.34. The molecule has 0 saturated carbocycles. The summed E-state index contributed by atoms with van der Waals surface area (Å²) in [5.41, 5.74) is 0.726. The summed E-state index contributed by atoms with van der Waals surface area (Å²) in [6, 6.07) is 0. The Bertz CT molecular complexity index is 517. The van der Waals surface area contributed by atoms with Gasteiger partial charge in [0.25, 0.3) is 0 Å². The third-order valence-corrected chi connectivity index (χ3v) is 2.11. The van der Waals surface area contributed by atoms with Gasteiger partial charge in [0.1, 0.15) is 12.1 Å². The number of rotatable bonds is 4. The largest absolute Gasteiger partial charge is 0.466 e. The van der Waals surface area contributed by atoms with Crippen LogP contribution in [0.5, 0.6) is 0 Å². The highest BCUT2D eigenvalue weighted by Crippen LogP contribution is 2.14. The summed E-state index contributed by atoms with van der Waals surface area (Å²) in [5.74, 6) is 0.261. The van der Waals surface area contributed by atoms with E-state index in [9.17, 15) is 4.79 Å². The predicted octanol–water partition coefficient (Wildman–Crippen LogP) is 0.576. The third-order valence-electron chi connectivity index (χ3n) is 2.11. The number of aryl methyl sites for hydroxylation is 1. The molecule has 0 saturated heterocycles. The average molecular weight is 236 g/mol. The minimum Gasteiger partial charge on any atom is -0.466 e. The standard InChI is InChI=1S/C10H12N4O3/c1-3-16-9(15)4-8-12-10(13-17-8)7-5-11-6-14(7)2/h5-6H,3-4H2,1-2H3. The zero-order valence-corrected chi connectivity index (χ0v) is 9.58. The third kappa shape index (κ3) is 2.49. The molecule has 2 aromatic heterocycles.